The van der Waals surface area contributed by atoms with Crippen molar-refractivity contribution in [1.29, 1.82) is 0 Å². The highest BCUT2D eigenvalue weighted by Crippen LogP contribution is 2.37. The molecule has 0 unspecified atom stereocenters. The van der Waals surface area contributed by atoms with Crippen molar-refractivity contribution < 1.29 is 41.9 Å². The smallest absolute Gasteiger partial charge is 0.416 e. The van der Waals surface area contributed by atoms with Crippen LogP contribution in [0.1, 0.15) is 15.9 Å². The summed E-state index contributed by atoms with van der Waals surface area (Å²) in [7, 11) is 0. The number of carbonyl (C=O) groups is 2. The number of carbonyl (C=O) groups excluding carboxylic acids is 2. The number of anilines is 1. The number of nitro groups is 1. The molecule has 3 rings (SSSR count). The van der Waals surface area contributed by atoms with Crippen LogP contribution < -0.4 is 14.8 Å². The maximum atomic E-state index is 12.7. The summed E-state index contributed by atoms with van der Waals surface area (Å²) in [6.45, 7) is -0.511. The van der Waals surface area contributed by atoms with Gasteiger partial charge in [0, 0.05) is 11.8 Å². The van der Waals surface area contributed by atoms with Crippen molar-refractivity contribution >= 4 is 23.3 Å². The molecule has 30 heavy (non-hydrogen) atoms. The SMILES string of the molecule is O=C(COC(=O)c1cc2c(cc1[N+](=O)[O-])OCCO2)Nc1cccc(C(F)(F)F)c1. The maximum Gasteiger partial charge on any atom is 0.416 e. The average Bonchev–Trinajstić information content (AvgIpc) is 2.70. The molecular weight excluding hydrogens is 413 g/mol. The lowest BCUT2D eigenvalue weighted by Gasteiger charge is -2.18. The third-order valence-corrected chi connectivity index (χ3v) is 3.89. The highest BCUT2D eigenvalue weighted by molar-refractivity contribution is 5.98. The Morgan fingerprint density at radius 2 is 1.80 bits per heavy atom. The highest BCUT2D eigenvalue weighted by Gasteiger charge is 2.31. The number of amides is 1. The minimum atomic E-state index is -4.59. The Hall–Kier alpha value is -3.83. The van der Waals surface area contributed by atoms with E-state index in [-0.39, 0.29) is 30.4 Å². The molecule has 0 spiro atoms. The molecule has 2 aromatic carbocycles. The summed E-state index contributed by atoms with van der Waals surface area (Å²) in [5.41, 5.74) is -2.20. The summed E-state index contributed by atoms with van der Waals surface area (Å²) < 4.78 is 53.4. The highest BCUT2D eigenvalue weighted by atomic mass is 19.4. The summed E-state index contributed by atoms with van der Waals surface area (Å²) in [5, 5.41) is 13.4. The van der Waals surface area contributed by atoms with Gasteiger partial charge in [-0.25, -0.2) is 4.79 Å². The van der Waals surface area contributed by atoms with E-state index in [0.29, 0.717) is 6.07 Å². The molecule has 0 bridgehead atoms. The van der Waals surface area contributed by atoms with Crippen molar-refractivity contribution in [2.24, 2.45) is 0 Å². The molecular formula is C18H13F3N2O7. The Morgan fingerprint density at radius 1 is 1.13 bits per heavy atom. The van der Waals surface area contributed by atoms with Crippen molar-refractivity contribution in [2.45, 2.75) is 6.18 Å². The van der Waals surface area contributed by atoms with E-state index in [0.717, 1.165) is 24.3 Å². The zero-order valence-corrected chi connectivity index (χ0v) is 15.0. The van der Waals surface area contributed by atoms with Gasteiger partial charge in [0.2, 0.25) is 0 Å². The topological polar surface area (TPSA) is 117 Å². The van der Waals surface area contributed by atoms with Crippen LogP contribution in [0.2, 0.25) is 0 Å². The summed E-state index contributed by atoms with van der Waals surface area (Å²) in [4.78, 5) is 34.6. The predicted octanol–water partition coefficient (Wildman–Crippen LogP) is 3.18. The van der Waals surface area contributed by atoms with Gasteiger partial charge in [0.15, 0.2) is 18.1 Å². The monoisotopic (exact) mass is 426 g/mol. The number of nitrogens with one attached hydrogen (secondary N) is 1. The lowest BCUT2D eigenvalue weighted by molar-refractivity contribution is -0.385. The molecule has 0 radical (unpaired) electrons. The number of fused-ring (bicyclic) bond motifs is 1. The first-order valence-electron chi connectivity index (χ1n) is 8.37. The third kappa shape index (κ3) is 4.77. The summed E-state index contributed by atoms with van der Waals surface area (Å²) >= 11 is 0. The van der Waals surface area contributed by atoms with E-state index in [1.165, 1.54) is 6.07 Å². The van der Waals surface area contributed by atoms with E-state index in [4.69, 9.17) is 14.2 Å². The van der Waals surface area contributed by atoms with Crippen LogP contribution in [0.15, 0.2) is 36.4 Å². The van der Waals surface area contributed by atoms with Crippen LogP contribution in [-0.2, 0) is 15.7 Å². The van der Waals surface area contributed by atoms with Crippen molar-refractivity contribution in [1.82, 2.24) is 0 Å². The fraction of sp³-hybridized carbons (Fsp3) is 0.222. The minimum Gasteiger partial charge on any atom is -0.486 e. The molecule has 0 fully saturated rings. The van der Waals surface area contributed by atoms with Crippen LogP contribution in [0.25, 0.3) is 0 Å². The van der Waals surface area contributed by atoms with E-state index in [9.17, 15) is 32.9 Å². The summed E-state index contributed by atoms with van der Waals surface area (Å²) in [6.07, 6.45) is -4.59. The maximum absolute atomic E-state index is 12.7. The normalized spacial score (nSPS) is 12.8. The van der Waals surface area contributed by atoms with Gasteiger partial charge in [-0.2, -0.15) is 13.2 Å². The molecule has 0 atom stereocenters. The van der Waals surface area contributed by atoms with Crippen molar-refractivity contribution in [3.8, 4) is 11.5 Å². The number of nitrogens with zero attached hydrogens (tertiary/aromatic N) is 1. The second-order valence-electron chi connectivity index (χ2n) is 5.97. The van der Waals surface area contributed by atoms with Gasteiger partial charge in [-0.3, -0.25) is 14.9 Å². The second-order valence-corrected chi connectivity index (χ2v) is 5.97. The molecule has 0 saturated carbocycles. The van der Waals surface area contributed by atoms with Crippen molar-refractivity contribution in [3.63, 3.8) is 0 Å². The van der Waals surface area contributed by atoms with Crippen LogP contribution in [0.3, 0.4) is 0 Å². The Bertz CT molecular complexity index is 1010. The molecule has 1 aliphatic heterocycles. The standard InChI is InChI=1S/C18H13F3N2O7/c19-18(20,21)10-2-1-3-11(6-10)22-16(24)9-30-17(25)12-7-14-15(29-5-4-28-14)8-13(12)23(26)27/h1-3,6-8H,4-5,9H2,(H,22,24). The van der Waals surface area contributed by atoms with Gasteiger partial charge in [-0.05, 0) is 18.2 Å². The van der Waals surface area contributed by atoms with Crippen LogP contribution in [0.4, 0.5) is 24.5 Å². The first-order chi connectivity index (χ1) is 14.1. The lowest BCUT2D eigenvalue weighted by Crippen LogP contribution is -2.22. The number of ether oxygens (including phenoxy) is 3. The van der Waals surface area contributed by atoms with Gasteiger partial charge >= 0.3 is 12.1 Å². The predicted molar refractivity (Wildman–Crippen MR) is 94.4 cm³/mol. The molecule has 1 aliphatic rings. The Kier molecular flexibility index (Phi) is 5.76. The number of halogens is 3. The third-order valence-electron chi connectivity index (χ3n) is 3.89. The molecule has 12 heteroatoms. The zero-order chi connectivity index (χ0) is 21.9. The average molecular weight is 426 g/mol. The van der Waals surface area contributed by atoms with Gasteiger partial charge in [0.05, 0.1) is 16.6 Å². The molecule has 1 N–H and O–H groups in total. The van der Waals surface area contributed by atoms with E-state index in [2.05, 4.69) is 5.32 Å². The van der Waals surface area contributed by atoms with Crippen LogP contribution >= 0.6 is 0 Å². The molecule has 9 nitrogen and oxygen atoms in total. The molecule has 0 aromatic heterocycles. The van der Waals surface area contributed by atoms with Crippen LogP contribution in [-0.4, -0.2) is 36.6 Å². The van der Waals surface area contributed by atoms with Crippen LogP contribution in [0.5, 0.6) is 11.5 Å². The summed E-state index contributed by atoms with van der Waals surface area (Å²) in [5.74, 6) is -1.92. The van der Waals surface area contributed by atoms with Gasteiger partial charge in [0.25, 0.3) is 11.6 Å². The number of hydrogen-bond acceptors (Lipinski definition) is 7. The molecule has 1 amide bonds. The molecule has 2 aromatic rings. The van der Waals surface area contributed by atoms with Gasteiger partial charge in [-0.15, -0.1) is 0 Å². The number of benzene rings is 2. The van der Waals surface area contributed by atoms with E-state index in [1.807, 2.05) is 0 Å². The molecule has 1 heterocycles. The second kappa shape index (κ2) is 8.27. The van der Waals surface area contributed by atoms with Crippen molar-refractivity contribution in [3.05, 3.63) is 57.6 Å². The number of esters is 1. The van der Waals surface area contributed by atoms with Crippen molar-refractivity contribution in [2.75, 3.05) is 25.1 Å². The summed E-state index contributed by atoms with van der Waals surface area (Å²) in [6, 6.07) is 5.94. The van der Waals surface area contributed by atoms with Gasteiger partial charge in [-0.1, -0.05) is 6.07 Å². The first kappa shape index (κ1) is 20.9. The number of nitro benzene ring substituents is 1. The Balaban J connectivity index is 1.68. The Morgan fingerprint density at radius 3 is 2.43 bits per heavy atom. The Labute approximate surface area is 166 Å². The number of rotatable bonds is 5. The van der Waals surface area contributed by atoms with Gasteiger partial charge < -0.3 is 19.5 Å². The first-order valence-corrected chi connectivity index (χ1v) is 8.37. The molecule has 158 valence electrons. The minimum absolute atomic E-state index is 0.0896. The van der Waals surface area contributed by atoms with Gasteiger partial charge in [0.1, 0.15) is 18.8 Å². The zero-order valence-electron chi connectivity index (χ0n) is 15.0. The number of hydrogen-bond donors (Lipinski definition) is 1. The fourth-order valence-electron chi connectivity index (χ4n) is 2.57. The fourth-order valence-corrected chi connectivity index (χ4v) is 2.57. The van der Waals surface area contributed by atoms with Crippen LogP contribution in [0, 0.1) is 10.1 Å². The quantitative estimate of drug-likeness (QED) is 0.443. The van der Waals surface area contributed by atoms with E-state index < -0.39 is 46.4 Å². The largest absolute Gasteiger partial charge is 0.486 e. The lowest BCUT2D eigenvalue weighted by atomic mass is 10.1. The van der Waals surface area contributed by atoms with E-state index >= 15 is 0 Å². The molecule has 0 aliphatic carbocycles. The van der Waals surface area contributed by atoms with E-state index in [1.54, 1.807) is 0 Å². The number of alkyl halides is 3. The molecule has 0 saturated heterocycles.